The molecule has 0 saturated heterocycles. The van der Waals surface area contributed by atoms with Crippen LogP contribution in [0.1, 0.15) is 38.2 Å². The van der Waals surface area contributed by atoms with Gasteiger partial charge in [-0.2, -0.15) is 0 Å². The number of hydrogen-bond acceptors (Lipinski definition) is 4. The maximum Gasteiger partial charge on any atom is 0.305 e. The fourth-order valence-corrected chi connectivity index (χ4v) is 3.26. The molecule has 0 amide bonds. The van der Waals surface area contributed by atoms with E-state index in [0.29, 0.717) is 36.6 Å². The summed E-state index contributed by atoms with van der Waals surface area (Å²) in [5.74, 6) is -0.195. The summed E-state index contributed by atoms with van der Waals surface area (Å²) in [7, 11) is 0. The van der Waals surface area contributed by atoms with Gasteiger partial charge in [0.25, 0.3) is 17.6 Å². The zero-order valence-corrected chi connectivity index (χ0v) is 14.5. The van der Waals surface area contributed by atoms with Crippen LogP contribution in [-0.4, -0.2) is 16.7 Å². The molecule has 0 saturated carbocycles. The van der Waals surface area contributed by atoms with Crippen molar-refractivity contribution >= 4 is 35.6 Å². The van der Waals surface area contributed by atoms with Gasteiger partial charge in [-0.3, -0.25) is 4.79 Å². The van der Waals surface area contributed by atoms with Crippen molar-refractivity contribution in [1.29, 1.82) is 0 Å². The normalized spacial score (nSPS) is 18.8. The minimum Gasteiger partial charge on any atom is -0.466 e. The molecule has 0 spiro atoms. The number of esters is 1. The third kappa shape index (κ3) is 5.52. The Balaban J connectivity index is 1.99. The molecule has 0 aliphatic carbocycles. The maximum absolute atomic E-state index is 12.3. The first-order valence-corrected chi connectivity index (χ1v) is 8.73. The Kier molecular flexibility index (Phi) is 6.86. The summed E-state index contributed by atoms with van der Waals surface area (Å²) >= 11 is 7.36. The van der Waals surface area contributed by atoms with Crippen LogP contribution >= 0.6 is 23.5 Å². The number of fused-ring (bicyclic) bond motifs is 1. The number of nitroso groups, excluding NO2 is 1. The number of allylic oxidation sites excluding steroid dienone is 3. The number of rotatable bonds is 6. The molecular formula is C17H19ClNO3S+. The summed E-state index contributed by atoms with van der Waals surface area (Å²) < 4.78 is 5.79. The van der Waals surface area contributed by atoms with Crippen molar-refractivity contribution in [3.05, 3.63) is 51.5 Å². The van der Waals surface area contributed by atoms with Crippen molar-refractivity contribution in [3.63, 3.8) is 0 Å². The summed E-state index contributed by atoms with van der Waals surface area (Å²) in [5.41, 5.74) is 1.54. The molecular weight excluding hydrogens is 334 g/mol. The van der Waals surface area contributed by atoms with E-state index >= 15 is 0 Å². The topological polar surface area (TPSA) is 46.4 Å². The van der Waals surface area contributed by atoms with Crippen LogP contribution in [0.25, 0.3) is 6.08 Å². The van der Waals surface area contributed by atoms with Gasteiger partial charge in [0.05, 0.1) is 11.5 Å². The van der Waals surface area contributed by atoms with Gasteiger partial charge < -0.3 is 4.74 Å². The van der Waals surface area contributed by atoms with Crippen molar-refractivity contribution in [2.24, 2.45) is 0 Å². The Hall–Kier alpha value is -1.59. The second kappa shape index (κ2) is 8.89. The zero-order valence-electron chi connectivity index (χ0n) is 13.0. The first-order chi connectivity index (χ1) is 11.1. The van der Waals surface area contributed by atoms with Crippen LogP contribution in [0.15, 0.2) is 46.0 Å². The van der Waals surface area contributed by atoms with Crippen LogP contribution in [0.5, 0.6) is 0 Å². The largest absolute Gasteiger partial charge is 0.466 e. The van der Waals surface area contributed by atoms with E-state index in [4.69, 9.17) is 16.3 Å². The quantitative estimate of drug-likeness (QED) is 0.310. The van der Waals surface area contributed by atoms with Crippen molar-refractivity contribution in [1.82, 2.24) is 0 Å². The predicted octanol–water partition coefficient (Wildman–Crippen LogP) is 5.07. The SMILES string of the molecule is CCOC(=O)CCCC/C1=C/C(Cl)=C\c2ccccc2S[N+]1=O. The number of unbranched alkanes of at least 4 members (excludes halogenated alkanes) is 1. The van der Waals surface area contributed by atoms with Crippen LogP contribution in [0, 0.1) is 4.91 Å². The Morgan fingerprint density at radius 1 is 1.26 bits per heavy atom. The molecule has 1 heterocycles. The van der Waals surface area contributed by atoms with Gasteiger partial charge in [-0.05, 0) is 37.5 Å². The predicted molar refractivity (Wildman–Crippen MR) is 92.9 cm³/mol. The summed E-state index contributed by atoms with van der Waals surface area (Å²) in [5, 5.41) is 0.527. The van der Waals surface area contributed by atoms with E-state index in [0.717, 1.165) is 33.0 Å². The highest BCUT2D eigenvalue weighted by Gasteiger charge is 2.24. The number of carbonyl (C=O) groups is 1. The third-order valence-electron chi connectivity index (χ3n) is 3.30. The van der Waals surface area contributed by atoms with Gasteiger partial charge in [0.2, 0.25) is 0 Å². The highest BCUT2D eigenvalue weighted by atomic mass is 35.5. The van der Waals surface area contributed by atoms with Gasteiger partial charge in [-0.1, -0.05) is 29.8 Å². The van der Waals surface area contributed by atoms with Crippen molar-refractivity contribution in [2.75, 3.05) is 6.61 Å². The molecule has 6 heteroatoms. The number of hydrogen-bond donors (Lipinski definition) is 0. The minimum absolute atomic E-state index is 0.195. The number of benzene rings is 1. The van der Waals surface area contributed by atoms with E-state index in [1.54, 1.807) is 13.0 Å². The Morgan fingerprint density at radius 3 is 2.83 bits per heavy atom. The fraction of sp³-hybridized carbons (Fsp3) is 0.353. The molecule has 1 aromatic rings. The van der Waals surface area contributed by atoms with Gasteiger partial charge in [0, 0.05) is 28.9 Å². The number of carbonyl (C=O) groups excluding carboxylic acids is 1. The van der Waals surface area contributed by atoms with Gasteiger partial charge >= 0.3 is 5.97 Å². The maximum atomic E-state index is 12.3. The molecule has 0 radical (unpaired) electrons. The van der Waals surface area contributed by atoms with Gasteiger partial charge in [0.15, 0.2) is 0 Å². The second-order valence-corrected chi connectivity index (χ2v) is 6.45. The lowest BCUT2D eigenvalue weighted by molar-refractivity contribution is -0.314. The molecule has 122 valence electrons. The summed E-state index contributed by atoms with van der Waals surface area (Å²) in [6.07, 6.45) is 5.92. The first-order valence-electron chi connectivity index (χ1n) is 7.58. The van der Waals surface area contributed by atoms with Crippen molar-refractivity contribution in [3.8, 4) is 0 Å². The smallest absolute Gasteiger partial charge is 0.305 e. The first kappa shape index (κ1) is 17.8. The molecule has 1 aliphatic rings. The Labute approximate surface area is 145 Å². The molecule has 23 heavy (non-hydrogen) atoms. The lowest BCUT2D eigenvalue weighted by Gasteiger charge is -2.05. The minimum atomic E-state index is -0.195. The number of nitrogens with zero attached hydrogens (tertiary/aromatic N) is 1. The van der Waals surface area contributed by atoms with Crippen LogP contribution in [-0.2, 0) is 9.53 Å². The van der Waals surface area contributed by atoms with Crippen LogP contribution < -0.4 is 0 Å². The highest BCUT2D eigenvalue weighted by molar-refractivity contribution is 7.93. The molecule has 0 atom stereocenters. The molecule has 0 N–H and O–H groups in total. The van der Waals surface area contributed by atoms with E-state index in [1.165, 1.54) is 0 Å². The third-order valence-corrected chi connectivity index (χ3v) is 4.49. The number of halogens is 1. The second-order valence-electron chi connectivity index (χ2n) is 5.06. The molecule has 2 rings (SSSR count). The van der Waals surface area contributed by atoms with Crippen LogP contribution in [0.2, 0.25) is 0 Å². The molecule has 1 aromatic carbocycles. The standard InChI is InChI=1S/C17H19ClNO3S/c1-2-22-17(20)10-6-4-8-15-12-14(18)11-13-7-3-5-9-16(13)23-19(15)21/h3,5,7,9,11-12H,2,4,6,8,10H2,1H3/q+1/b14-11+,15-12-. The van der Waals surface area contributed by atoms with E-state index < -0.39 is 0 Å². The molecule has 1 aliphatic heterocycles. The monoisotopic (exact) mass is 352 g/mol. The van der Waals surface area contributed by atoms with E-state index in [9.17, 15) is 9.70 Å². The Morgan fingerprint density at radius 2 is 2.04 bits per heavy atom. The van der Waals surface area contributed by atoms with Crippen molar-refractivity contribution in [2.45, 2.75) is 37.5 Å². The van der Waals surface area contributed by atoms with E-state index in [-0.39, 0.29) is 5.97 Å². The molecule has 4 nitrogen and oxygen atoms in total. The lowest BCUT2D eigenvalue weighted by Crippen LogP contribution is -2.05. The lowest BCUT2D eigenvalue weighted by atomic mass is 10.1. The molecule has 0 bridgehead atoms. The summed E-state index contributed by atoms with van der Waals surface area (Å²) in [4.78, 5) is 24.5. The molecule has 0 fully saturated rings. The zero-order chi connectivity index (χ0) is 16.7. The van der Waals surface area contributed by atoms with Gasteiger partial charge in [-0.25, -0.2) is 0 Å². The van der Waals surface area contributed by atoms with Gasteiger partial charge in [-0.15, -0.1) is 0 Å². The fourth-order valence-electron chi connectivity index (χ4n) is 2.21. The van der Waals surface area contributed by atoms with E-state index in [2.05, 4.69) is 0 Å². The van der Waals surface area contributed by atoms with Crippen molar-refractivity contribution < 1.29 is 13.7 Å². The number of ether oxygens (including phenoxy) is 1. The highest BCUT2D eigenvalue weighted by Crippen LogP contribution is 2.32. The Bertz CT molecular complexity index is 655. The molecule has 0 aromatic heterocycles. The van der Waals surface area contributed by atoms with Crippen LogP contribution in [0.4, 0.5) is 0 Å². The van der Waals surface area contributed by atoms with Gasteiger partial charge in [0.1, 0.15) is 4.17 Å². The average molecular weight is 353 g/mol. The summed E-state index contributed by atoms with van der Waals surface area (Å²) in [6, 6.07) is 7.63. The summed E-state index contributed by atoms with van der Waals surface area (Å²) in [6.45, 7) is 2.19. The average Bonchev–Trinajstić information content (AvgIpc) is 2.51. The van der Waals surface area contributed by atoms with E-state index in [1.807, 2.05) is 30.3 Å². The van der Waals surface area contributed by atoms with Crippen LogP contribution in [0.3, 0.4) is 0 Å². The molecule has 0 unspecified atom stereocenters.